The minimum Gasteiger partial charge on any atom is -0.417 e. The monoisotopic (exact) mass is 231 g/mol. The molecule has 1 rings (SSSR count). The van der Waals surface area contributed by atoms with Gasteiger partial charge in [-0.2, -0.15) is 0 Å². The fourth-order valence-corrected chi connectivity index (χ4v) is 1.04. The lowest BCUT2D eigenvalue weighted by Gasteiger charge is -2.02. The molecule has 0 atom stereocenters. The minimum absolute atomic E-state index is 0.538. The van der Waals surface area contributed by atoms with Crippen LogP contribution in [0.25, 0.3) is 0 Å². The molecule has 1 aromatic rings. The summed E-state index contributed by atoms with van der Waals surface area (Å²) in [6.07, 6.45) is 0.450. The summed E-state index contributed by atoms with van der Waals surface area (Å²) in [5.74, 6) is 0. The Kier molecular flexibility index (Phi) is 4.29. The Bertz CT molecular complexity index is 352. The first-order valence-electron chi connectivity index (χ1n) is 3.71. The molecule has 0 bridgehead atoms. The largest absolute Gasteiger partial charge is 0.417 e. The Morgan fingerprint density at radius 1 is 1.50 bits per heavy atom. The van der Waals surface area contributed by atoms with Gasteiger partial charge in [-0.3, -0.25) is 5.32 Å². The van der Waals surface area contributed by atoms with Crippen molar-refractivity contribution in [3.63, 3.8) is 0 Å². The molecule has 1 aromatic carbocycles. The number of carbonyl (C=O) groups excluding carboxylic acids is 1. The number of halogens is 2. The van der Waals surface area contributed by atoms with Gasteiger partial charge >= 0.3 is 6.09 Å². The Morgan fingerprint density at radius 2 is 2.29 bits per heavy atom. The Balaban J connectivity index is 2.56. The smallest absolute Gasteiger partial charge is 0.416 e. The van der Waals surface area contributed by atoms with Crippen LogP contribution in [0.15, 0.2) is 36.1 Å². The van der Waals surface area contributed by atoms with E-state index in [9.17, 15) is 4.79 Å². The van der Waals surface area contributed by atoms with Gasteiger partial charge in [-0.25, -0.2) is 4.79 Å². The van der Waals surface area contributed by atoms with Crippen LogP contribution in [0.3, 0.4) is 0 Å². The molecule has 0 aliphatic carbocycles. The maximum absolute atomic E-state index is 11.0. The molecule has 0 aromatic heterocycles. The van der Waals surface area contributed by atoms with E-state index in [1.807, 2.05) is 0 Å². The number of rotatable bonds is 2. The Hall–Kier alpha value is -1.19. The molecule has 0 saturated carbocycles. The molecule has 0 radical (unpaired) electrons. The van der Waals surface area contributed by atoms with Crippen LogP contribution in [0.5, 0.6) is 0 Å². The summed E-state index contributed by atoms with van der Waals surface area (Å²) in [5, 5.41) is 3.00. The van der Waals surface area contributed by atoms with Crippen molar-refractivity contribution >= 4 is 35.0 Å². The van der Waals surface area contributed by atoms with Crippen LogP contribution in [0.2, 0.25) is 5.02 Å². The molecule has 1 N–H and O–H groups in total. The second kappa shape index (κ2) is 5.52. The van der Waals surface area contributed by atoms with Gasteiger partial charge in [0, 0.05) is 16.2 Å². The highest BCUT2D eigenvalue weighted by molar-refractivity contribution is 6.30. The SMILES string of the molecule is O=C(Nc1cccc(Cl)c1)OC=CCl. The molecule has 0 unspecified atom stereocenters. The first-order chi connectivity index (χ1) is 6.72. The molecule has 0 aliphatic rings. The predicted molar refractivity (Wildman–Crippen MR) is 56.5 cm³/mol. The average Bonchev–Trinajstić information content (AvgIpc) is 2.15. The molecule has 0 saturated heterocycles. The standard InChI is InChI=1S/C9H7Cl2NO2/c10-4-5-14-9(13)12-8-3-1-2-7(11)6-8/h1-6H,(H,12,13). The number of hydrogen-bond acceptors (Lipinski definition) is 2. The van der Waals surface area contributed by atoms with E-state index >= 15 is 0 Å². The summed E-state index contributed by atoms with van der Waals surface area (Å²) in [7, 11) is 0. The average molecular weight is 232 g/mol. The van der Waals surface area contributed by atoms with E-state index in [0.29, 0.717) is 10.7 Å². The highest BCUT2D eigenvalue weighted by Gasteiger charge is 2.00. The van der Waals surface area contributed by atoms with E-state index in [1.54, 1.807) is 24.3 Å². The van der Waals surface area contributed by atoms with E-state index in [4.69, 9.17) is 23.2 Å². The number of hydrogen-bond donors (Lipinski definition) is 1. The second-order valence-corrected chi connectivity index (χ2v) is 2.99. The van der Waals surface area contributed by atoms with Gasteiger partial charge in [0.05, 0.1) is 0 Å². The summed E-state index contributed by atoms with van der Waals surface area (Å²) in [6.45, 7) is 0. The van der Waals surface area contributed by atoms with Gasteiger partial charge in [0.15, 0.2) is 0 Å². The highest BCUT2D eigenvalue weighted by Crippen LogP contribution is 2.14. The number of benzene rings is 1. The van der Waals surface area contributed by atoms with Gasteiger partial charge in [0.25, 0.3) is 0 Å². The molecular weight excluding hydrogens is 225 g/mol. The summed E-state index contributed by atoms with van der Waals surface area (Å²) in [4.78, 5) is 11.0. The number of carbonyl (C=O) groups is 1. The molecule has 3 nitrogen and oxygen atoms in total. The molecular formula is C9H7Cl2NO2. The lowest BCUT2D eigenvalue weighted by molar-refractivity contribution is 0.201. The van der Waals surface area contributed by atoms with Crippen LogP contribution in [0, 0.1) is 0 Å². The lowest BCUT2D eigenvalue weighted by atomic mass is 10.3. The van der Waals surface area contributed by atoms with Gasteiger partial charge in [0.2, 0.25) is 0 Å². The van der Waals surface area contributed by atoms with Crippen molar-refractivity contribution in [2.45, 2.75) is 0 Å². The summed E-state index contributed by atoms with van der Waals surface area (Å²) < 4.78 is 4.53. The molecule has 0 fully saturated rings. The van der Waals surface area contributed by atoms with Gasteiger partial charge in [-0.1, -0.05) is 29.3 Å². The third-order valence-electron chi connectivity index (χ3n) is 1.30. The number of anilines is 1. The zero-order valence-corrected chi connectivity index (χ0v) is 8.55. The van der Waals surface area contributed by atoms with Crippen LogP contribution < -0.4 is 5.32 Å². The summed E-state index contributed by atoms with van der Waals surface area (Å²) in [6, 6.07) is 6.72. The van der Waals surface area contributed by atoms with Crippen molar-refractivity contribution in [1.29, 1.82) is 0 Å². The first-order valence-corrected chi connectivity index (χ1v) is 4.52. The van der Waals surface area contributed by atoms with E-state index < -0.39 is 6.09 Å². The maximum atomic E-state index is 11.0. The van der Waals surface area contributed by atoms with Crippen LogP contribution in [0.4, 0.5) is 10.5 Å². The normalized spacial score (nSPS) is 10.1. The van der Waals surface area contributed by atoms with Crippen molar-refractivity contribution in [2.75, 3.05) is 5.32 Å². The van der Waals surface area contributed by atoms with E-state index in [2.05, 4.69) is 10.1 Å². The minimum atomic E-state index is -0.621. The van der Waals surface area contributed by atoms with Gasteiger partial charge in [-0.05, 0) is 18.2 Å². The fourth-order valence-electron chi connectivity index (χ4n) is 0.801. The van der Waals surface area contributed by atoms with Gasteiger partial charge in [-0.15, -0.1) is 0 Å². The van der Waals surface area contributed by atoms with E-state index in [-0.39, 0.29) is 0 Å². The number of ether oxygens (including phenoxy) is 1. The van der Waals surface area contributed by atoms with Crippen molar-refractivity contribution in [3.05, 3.63) is 41.1 Å². The summed E-state index contributed by atoms with van der Waals surface area (Å²) >= 11 is 10.9. The number of nitrogens with one attached hydrogen (secondary N) is 1. The Morgan fingerprint density at radius 3 is 2.93 bits per heavy atom. The topological polar surface area (TPSA) is 38.3 Å². The van der Waals surface area contributed by atoms with Gasteiger partial charge < -0.3 is 4.74 Å². The zero-order chi connectivity index (χ0) is 10.4. The fraction of sp³-hybridized carbons (Fsp3) is 0. The molecule has 5 heteroatoms. The van der Waals surface area contributed by atoms with E-state index in [1.165, 1.54) is 0 Å². The predicted octanol–water partition coefficient (Wildman–Crippen LogP) is 3.60. The zero-order valence-electron chi connectivity index (χ0n) is 7.04. The van der Waals surface area contributed by atoms with E-state index in [0.717, 1.165) is 11.8 Å². The lowest BCUT2D eigenvalue weighted by Crippen LogP contribution is -2.10. The highest BCUT2D eigenvalue weighted by atomic mass is 35.5. The van der Waals surface area contributed by atoms with Crippen molar-refractivity contribution in [1.82, 2.24) is 0 Å². The Labute approximate surface area is 91.3 Å². The molecule has 0 heterocycles. The molecule has 1 amide bonds. The number of amides is 1. The maximum Gasteiger partial charge on any atom is 0.416 e. The van der Waals surface area contributed by atoms with Crippen LogP contribution in [-0.2, 0) is 4.74 Å². The third-order valence-corrected chi connectivity index (χ3v) is 1.64. The molecule has 0 aliphatic heterocycles. The molecule has 74 valence electrons. The van der Waals surface area contributed by atoms with Crippen LogP contribution >= 0.6 is 23.2 Å². The molecule has 14 heavy (non-hydrogen) atoms. The quantitative estimate of drug-likeness (QED) is 0.791. The van der Waals surface area contributed by atoms with Crippen LogP contribution in [0.1, 0.15) is 0 Å². The first kappa shape index (κ1) is 10.9. The summed E-state index contributed by atoms with van der Waals surface area (Å²) in [5.41, 5.74) is 1.66. The van der Waals surface area contributed by atoms with Gasteiger partial charge in [0.1, 0.15) is 6.26 Å². The second-order valence-electron chi connectivity index (χ2n) is 2.30. The van der Waals surface area contributed by atoms with Crippen LogP contribution in [-0.4, -0.2) is 6.09 Å². The van der Waals surface area contributed by atoms with Crippen molar-refractivity contribution in [2.24, 2.45) is 0 Å². The molecule has 0 spiro atoms. The van der Waals surface area contributed by atoms with Crippen molar-refractivity contribution in [3.8, 4) is 0 Å². The van der Waals surface area contributed by atoms with Crippen molar-refractivity contribution < 1.29 is 9.53 Å². The third kappa shape index (κ3) is 3.68.